The molecule has 0 bridgehead atoms. The molecule has 4 nitrogen and oxygen atoms in total. The second-order valence-electron chi connectivity index (χ2n) is 5.70. The Balaban J connectivity index is 1.82. The molecular weight excluding hydrogens is 279 g/mol. The molecule has 3 rings (SSSR count). The third-order valence-electron chi connectivity index (χ3n) is 3.85. The van der Waals surface area contributed by atoms with Gasteiger partial charge in [0.05, 0.1) is 0 Å². The fourth-order valence-corrected chi connectivity index (χ4v) is 2.79. The molecule has 0 unspecified atom stereocenters. The molecule has 0 amide bonds. The highest BCUT2D eigenvalue weighted by Gasteiger charge is 2.13. The largest absolute Gasteiger partial charge is 0.356 e. The SMILES string of the molecule is Cc1nc(Nc2cccc(F)c2)cc(N2CCCCCC2)n1. The van der Waals surface area contributed by atoms with Gasteiger partial charge in [-0.05, 0) is 38.0 Å². The van der Waals surface area contributed by atoms with Crippen LogP contribution in [0.15, 0.2) is 30.3 Å². The summed E-state index contributed by atoms with van der Waals surface area (Å²) in [5, 5.41) is 3.16. The normalized spacial score (nSPS) is 15.5. The Morgan fingerprint density at radius 3 is 2.55 bits per heavy atom. The maximum atomic E-state index is 13.3. The van der Waals surface area contributed by atoms with Crippen LogP contribution in [-0.2, 0) is 0 Å². The Morgan fingerprint density at radius 2 is 1.82 bits per heavy atom. The van der Waals surface area contributed by atoms with E-state index in [1.165, 1.54) is 37.8 Å². The standard InChI is InChI=1S/C17H21FN4/c1-13-19-16(21-15-8-6-7-14(18)11-15)12-17(20-13)22-9-4-2-3-5-10-22/h6-8,11-12H,2-5,9-10H2,1H3,(H,19,20,21). The molecule has 1 aromatic carbocycles. The summed E-state index contributed by atoms with van der Waals surface area (Å²) in [7, 11) is 0. The Kier molecular flexibility index (Phi) is 4.51. The Hall–Kier alpha value is -2.17. The van der Waals surface area contributed by atoms with Crippen LogP contribution in [0.2, 0.25) is 0 Å². The van der Waals surface area contributed by atoms with Crippen LogP contribution < -0.4 is 10.2 Å². The van der Waals surface area contributed by atoms with Gasteiger partial charge in [-0.15, -0.1) is 0 Å². The van der Waals surface area contributed by atoms with Crippen molar-refractivity contribution in [1.82, 2.24) is 9.97 Å². The van der Waals surface area contributed by atoms with Crippen LogP contribution in [0, 0.1) is 12.7 Å². The van der Waals surface area contributed by atoms with Gasteiger partial charge in [-0.3, -0.25) is 0 Å². The van der Waals surface area contributed by atoms with Gasteiger partial charge in [0.1, 0.15) is 23.3 Å². The zero-order valence-electron chi connectivity index (χ0n) is 12.8. The summed E-state index contributed by atoms with van der Waals surface area (Å²) in [6.07, 6.45) is 4.98. The van der Waals surface area contributed by atoms with E-state index in [1.807, 2.05) is 19.1 Å². The van der Waals surface area contributed by atoms with E-state index < -0.39 is 0 Å². The topological polar surface area (TPSA) is 41.1 Å². The van der Waals surface area contributed by atoms with Crippen molar-refractivity contribution >= 4 is 17.3 Å². The molecule has 116 valence electrons. The molecule has 1 N–H and O–H groups in total. The molecule has 0 atom stereocenters. The van der Waals surface area contributed by atoms with E-state index in [0.717, 1.165) is 24.7 Å². The van der Waals surface area contributed by atoms with Gasteiger partial charge in [-0.25, -0.2) is 14.4 Å². The van der Waals surface area contributed by atoms with Gasteiger partial charge in [0, 0.05) is 24.8 Å². The van der Waals surface area contributed by atoms with Crippen molar-refractivity contribution < 1.29 is 4.39 Å². The van der Waals surface area contributed by atoms with E-state index in [0.29, 0.717) is 11.5 Å². The second kappa shape index (κ2) is 6.73. The fourth-order valence-electron chi connectivity index (χ4n) is 2.79. The van der Waals surface area contributed by atoms with Crippen LogP contribution in [0.5, 0.6) is 0 Å². The molecule has 2 heterocycles. The molecule has 0 spiro atoms. The number of rotatable bonds is 3. The van der Waals surface area contributed by atoms with Crippen molar-refractivity contribution in [3.63, 3.8) is 0 Å². The number of aromatic nitrogens is 2. The lowest BCUT2D eigenvalue weighted by molar-refractivity contribution is 0.628. The average molecular weight is 300 g/mol. The number of halogens is 1. The van der Waals surface area contributed by atoms with Crippen molar-refractivity contribution in [3.05, 3.63) is 42.0 Å². The third-order valence-corrected chi connectivity index (χ3v) is 3.85. The van der Waals surface area contributed by atoms with Crippen LogP contribution in [0.4, 0.5) is 21.7 Å². The minimum atomic E-state index is -0.261. The minimum Gasteiger partial charge on any atom is -0.356 e. The molecular formula is C17H21FN4. The van der Waals surface area contributed by atoms with Gasteiger partial charge in [0.2, 0.25) is 0 Å². The van der Waals surface area contributed by atoms with E-state index in [-0.39, 0.29) is 5.82 Å². The molecule has 0 radical (unpaired) electrons. The molecule has 0 aliphatic carbocycles. The van der Waals surface area contributed by atoms with Crippen molar-refractivity contribution in [2.75, 3.05) is 23.3 Å². The molecule has 5 heteroatoms. The van der Waals surface area contributed by atoms with Gasteiger partial charge in [0.25, 0.3) is 0 Å². The lowest BCUT2D eigenvalue weighted by atomic mass is 10.2. The number of benzene rings is 1. The first-order valence-corrected chi connectivity index (χ1v) is 7.84. The quantitative estimate of drug-likeness (QED) is 0.928. The second-order valence-corrected chi connectivity index (χ2v) is 5.70. The van der Waals surface area contributed by atoms with Gasteiger partial charge < -0.3 is 10.2 Å². The number of hydrogen-bond acceptors (Lipinski definition) is 4. The van der Waals surface area contributed by atoms with Crippen molar-refractivity contribution in [3.8, 4) is 0 Å². The number of anilines is 3. The van der Waals surface area contributed by atoms with Crippen molar-refractivity contribution in [2.45, 2.75) is 32.6 Å². The fraction of sp³-hybridized carbons (Fsp3) is 0.412. The van der Waals surface area contributed by atoms with Crippen LogP contribution in [0.1, 0.15) is 31.5 Å². The average Bonchev–Trinajstić information content (AvgIpc) is 2.75. The highest BCUT2D eigenvalue weighted by molar-refractivity contribution is 5.59. The zero-order chi connectivity index (χ0) is 15.4. The predicted octanol–water partition coefficient (Wildman–Crippen LogP) is 4.05. The molecule has 1 saturated heterocycles. The summed E-state index contributed by atoms with van der Waals surface area (Å²) in [5.74, 6) is 2.12. The highest BCUT2D eigenvalue weighted by Crippen LogP contribution is 2.22. The summed E-state index contributed by atoms with van der Waals surface area (Å²) in [5.41, 5.74) is 0.694. The van der Waals surface area contributed by atoms with Gasteiger partial charge in [-0.1, -0.05) is 18.9 Å². The van der Waals surface area contributed by atoms with Gasteiger partial charge >= 0.3 is 0 Å². The lowest BCUT2D eigenvalue weighted by Gasteiger charge is -2.22. The number of nitrogens with zero attached hydrogens (tertiary/aromatic N) is 3. The monoisotopic (exact) mass is 300 g/mol. The first-order valence-electron chi connectivity index (χ1n) is 7.84. The molecule has 1 fully saturated rings. The van der Waals surface area contributed by atoms with Gasteiger partial charge in [0.15, 0.2) is 0 Å². The van der Waals surface area contributed by atoms with E-state index in [9.17, 15) is 4.39 Å². The van der Waals surface area contributed by atoms with Crippen LogP contribution in [0.25, 0.3) is 0 Å². The first-order chi connectivity index (χ1) is 10.7. The zero-order valence-corrected chi connectivity index (χ0v) is 12.8. The third kappa shape index (κ3) is 3.72. The van der Waals surface area contributed by atoms with E-state index in [1.54, 1.807) is 6.07 Å². The molecule has 2 aromatic rings. The minimum absolute atomic E-state index is 0.261. The number of nitrogens with one attached hydrogen (secondary N) is 1. The van der Waals surface area contributed by atoms with Gasteiger partial charge in [-0.2, -0.15) is 0 Å². The maximum Gasteiger partial charge on any atom is 0.136 e. The van der Waals surface area contributed by atoms with Crippen molar-refractivity contribution in [2.24, 2.45) is 0 Å². The van der Waals surface area contributed by atoms with Crippen LogP contribution in [-0.4, -0.2) is 23.1 Å². The molecule has 0 saturated carbocycles. The summed E-state index contributed by atoms with van der Waals surface area (Å²) in [4.78, 5) is 11.3. The van der Waals surface area contributed by atoms with Crippen molar-refractivity contribution in [1.29, 1.82) is 0 Å². The van der Waals surface area contributed by atoms with Crippen LogP contribution in [0.3, 0.4) is 0 Å². The molecule has 1 aliphatic rings. The highest BCUT2D eigenvalue weighted by atomic mass is 19.1. The molecule has 22 heavy (non-hydrogen) atoms. The van der Waals surface area contributed by atoms with E-state index in [2.05, 4.69) is 20.2 Å². The lowest BCUT2D eigenvalue weighted by Crippen LogP contribution is -2.25. The van der Waals surface area contributed by atoms with E-state index >= 15 is 0 Å². The Bertz CT molecular complexity index is 636. The summed E-state index contributed by atoms with van der Waals surface area (Å²) < 4.78 is 13.3. The number of aryl methyl sites for hydroxylation is 1. The Morgan fingerprint density at radius 1 is 1.05 bits per heavy atom. The maximum absolute atomic E-state index is 13.3. The Labute approximate surface area is 130 Å². The summed E-state index contributed by atoms with van der Waals surface area (Å²) >= 11 is 0. The first kappa shape index (κ1) is 14.8. The smallest absolute Gasteiger partial charge is 0.136 e. The summed E-state index contributed by atoms with van der Waals surface area (Å²) in [6.45, 7) is 3.96. The van der Waals surface area contributed by atoms with E-state index in [4.69, 9.17) is 0 Å². The predicted molar refractivity (Wildman–Crippen MR) is 87.1 cm³/mol. The summed E-state index contributed by atoms with van der Waals surface area (Å²) in [6, 6.07) is 8.35. The molecule has 1 aliphatic heterocycles. The number of hydrogen-bond donors (Lipinski definition) is 1. The van der Waals surface area contributed by atoms with Crippen LogP contribution >= 0.6 is 0 Å². The molecule has 1 aromatic heterocycles.